The van der Waals surface area contributed by atoms with Crippen LogP contribution in [0.3, 0.4) is 0 Å². The summed E-state index contributed by atoms with van der Waals surface area (Å²) < 4.78 is 0. The highest BCUT2D eigenvalue weighted by atomic mass is 16.2. The molecule has 0 spiro atoms. The normalized spacial score (nSPS) is 20.0. The standard InChI is InChI=1S/C8H15N3O2/c1-2-3-6(9)11-5-7(12)10-4-8(11)13/h6H,2-5,9H2,1H3,(H,10,12). The van der Waals surface area contributed by atoms with E-state index < -0.39 is 0 Å². The van der Waals surface area contributed by atoms with Gasteiger partial charge in [0.25, 0.3) is 0 Å². The zero-order chi connectivity index (χ0) is 9.84. The Morgan fingerprint density at radius 3 is 2.92 bits per heavy atom. The van der Waals surface area contributed by atoms with Crippen LogP contribution in [-0.4, -0.2) is 36.0 Å². The van der Waals surface area contributed by atoms with Crippen LogP contribution in [-0.2, 0) is 9.59 Å². The number of carbonyl (C=O) groups is 2. The van der Waals surface area contributed by atoms with Crippen LogP contribution in [0, 0.1) is 0 Å². The van der Waals surface area contributed by atoms with Gasteiger partial charge in [-0.1, -0.05) is 13.3 Å². The van der Waals surface area contributed by atoms with Gasteiger partial charge in [-0.25, -0.2) is 0 Å². The molecular weight excluding hydrogens is 170 g/mol. The number of hydrogen-bond donors (Lipinski definition) is 2. The zero-order valence-corrected chi connectivity index (χ0v) is 7.75. The molecule has 0 aromatic heterocycles. The van der Waals surface area contributed by atoms with Gasteiger partial charge >= 0.3 is 0 Å². The number of carbonyl (C=O) groups excluding carboxylic acids is 2. The van der Waals surface area contributed by atoms with Gasteiger partial charge in [0.15, 0.2) is 0 Å². The van der Waals surface area contributed by atoms with Crippen molar-refractivity contribution in [1.29, 1.82) is 0 Å². The first-order valence-electron chi connectivity index (χ1n) is 4.47. The Hall–Kier alpha value is -1.10. The number of amides is 2. The van der Waals surface area contributed by atoms with Crippen molar-refractivity contribution in [3.63, 3.8) is 0 Å². The molecule has 0 radical (unpaired) electrons. The van der Waals surface area contributed by atoms with Gasteiger partial charge in [0.05, 0.1) is 12.7 Å². The van der Waals surface area contributed by atoms with Crippen LogP contribution in [0.2, 0.25) is 0 Å². The molecular formula is C8H15N3O2. The molecule has 1 fully saturated rings. The van der Waals surface area contributed by atoms with E-state index in [2.05, 4.69) is 5.32 Å². The molecule has 1 unspecified atom stereocenters. The van der Waals surface area contributed by atoms with Gasteiger partial charge in [-0.05, 0) is 6.42 Å². The number of nitrogens with two attached hydrogens (primary N) is 1. The van der Waals surface area contributed by atoms with E-state index in [0.29, 0.717) is 0 Å². The largest absolute Gasteiger partial charge is 0.345 e. The number of hydrogen-bond acceptors (Lipinski definition) is 3. The lowest BCUT2D eigenvalue weighted by atomic mass is 10.2. The van der Waals surface area contributed by atoms with Crippen LogP contribution in [0.25, 0.3) is 0 Å². The number of piperazine rings is 1. The fourth-order valence-electron chi connectivity index (χ4n) is 1.33. The minimum absolute atomic E-state index is 0.0796. The lowest BCUT2D eigenvalue weighted by Crippen LogP contribution is -2.57. The molecule has 2 amide bonds. The van der Waals surface area contributed by atoms with Crippen LogP contribution < -0.4 is 11.1 Å². The lowest BCUT2D eigenvalue weighted by Gasteiger charge is -2.31. The summed E-state index contributed by atoms with van der Waals surface area (Å²) in [7, 11) is 0. The van der Waals surface area contributed by atoms with Crippen molar-refractivity contribution in [3.05, 3.63) is 0 Å². The van der Waals surface area contributed by atoms with E-state index in [9.17, 15) is 9.59 Å². The van der Waals surface area contributed by atoms with Gasteiger partial charge in [0.2, 0.25) is 11.8 Å². The van der Waals surface area contributed by atoms with E-state index >= 15 is 0 Å². The van der Waals surface area contributed by atoms with E-state index in [1.807, 2.05) is 6.92 Å². The highest BCUT2D eigenvalue weighted by molar-refractivity contribution is 5.92. The lowest BCUT2D eigenvalue weighted by molar-refractivity contribution is -0.142. The Labute approximate surface area is 77.3 Å². The number of rotatable bonds is 3. The summed E-state index contributed by atoms with van der Waals surface area (Å²) in [4.78, 5) is 23.7. The summed E-state index contributed by atoms with van der Waals surface area (Å²) in [6.45, 7) is 2.17. The second-order valence-corrected chi connectivity index (χ2v) is 3.15. The monoisotopic (exact) mass is 185 g/mol. The molecule has 13 heavy (non-hydrogen) atoms. The maximum absolute atomic E-state index is 11.3. The first-order valence-corrected chi connectivity index (χ1v) is 4.47. The third kappa shape index (κ3) is 2.42. The molecule has 0 bridgehead atoms. The Morgan fingerprint density at radius 2 is 2.31 bits per heavy atom. The fraction of sp³-hybridized carbons (Fsp3) is 0.750. The minimum Gasteiger partial charge on any atom is -0.345 e. The van der Waals surface area contributed by atoms with Crippen LogP contribution in [0.1, 0.15) is 19.8 Å². The van der Waals surface area contributed by atoms with Crippen molar-refractivity contribution in [1.82, 2.24) is 10.2 Å². The topological polar surface area (TPSA) is 75.4 Å². The van der Waals surface area contributed by atoms with E-state index in [0.717, 1.165) is 12.8 Å². The van der Waals surface area contributed by atoms with E-state index in [4.69, 9.17) is 5.73 Å². The minimum atomic E-state index is -0.316. The highest BCUT2D eigenvalue weighted by Gasteiger charge is 2.26. The van der Waals surface area contributed by atoms with Crippen LogP contribution in [0.15, 0.2) is 0 Å². The Bertz CT molecular complexity index is 217. The van der Waals surface area contributed by atoms with Gasteiger partial charge in [-0.15, -0.1) is 0 Å². The predicted molar refractivity (Wildman–Crippen MR) is 47.6 cm³/mol. The molecule has 1 rings (SSSR count). The van der Waals surface area contributed by atoms with Gasteiger partial charge in [0.1, 0.15) is 6.54 Å². The molecule has 1 heterocycles. The number of nitrogens with one attached hydrogen (secondary N) is 1. The molecule has 1 aliphatic rings. The first-order chi connectivity index (χ1) is 6.15. The van der Waals surface area contributed by atoms with Crippen molar-refractivity contribution in [2.45, 2.75) is 25.9 Å². The molecule has 0 aromatic rings. The van der Waals surface area contributed by atoms with Crippen molar-refractivity contribution in [3.8, 4) is 0 Å². The number of nitrogens with zero attached hydrogens (tertiary/aromatic N) is 1. The summed E-state index contributed by atoms with van der Waals surface area (Å²) in [5, 5.41) is 2.47. The van der Waals surface area contributed by atoms with E-state index in [-0.39, 0.29) is 31.1 Å². The Balaban J connectivity index is 2.54. The molecule has 0 saturated carbocycles. The van der Waals surface area contributed by atoms with E-state index in [1.54, 1.807) is 0 Å². The van der Waals surface area contributed by atoms with Gasteiger partial charge in [0, 0.05) is 0 Å². The zero-order valence-electron chi connectivity index (χ0n) is 7.75. The summed E-state index contributed by atoms with van der Waals surface area (Å²) in [6, 6.07) is 0. The Morgan fingerprint density at radius 1 is 1.62 bits per heavy atom. The summed E-state index contributed by atoms with van der Waals surface area (Å²) in [5.41, 5.74) is 5.74. The van der Waals surface area contributed by atoms with Crippen molar-refractivity contribution in [2.24, 2.45) is 5.73 Å². The molecule has 1 aliphatic heterocycles. The van der Waals surface area contributed by atoms with Gasteiger partial charge in [-0.3, -0.25) is 9.59 Å². The highest BCUT2D eigenvalue weighted by Crippen LogP contribution is 2.04. The smallest absolute Gasteiger partial charge is 0.243 e. The summed E-state index contributed by atoms with van der Waals surface area (Å²) in [6.07, 6.45) is 1.33. The fourth-order valence-corrected chi connectivity index (χ4v) is 1.33. The molecule has 74 valence electrons. The van der Waals surface area contributed by atoms with E-state index in [1.165, 1.54) is 4.90 Å². The SMILES string of the molecule is CCCC(N)N1CC(=O)NCC1=O. The average Bonchev–Trinajstić information content (AvgIpc) is 2.09. The molecule has 0 aromatic carbocycles. The molecule has 5 nitrogen and oxygen atoms in total. The Kier molecular flexibility index (Phi) is 3.25. The van der Waals surface area contributed by atoms with Crippen molar-refractivity contribution >= 4 is 11.8 Å². The third-order valence-corrected chi connectivity index (χ3v) is 2.06. The predicted octanol–water partition coefficient (Wildman–Crippen LogP) is -0.970. The van der Waals surface area contributed by atoms with Gasteiger partial charge in [-0.2, -0.15) is 0 Å². The van der Waals surface area contributed by atoms with Crippen molar-refractivity contribution < 1.29 is 9.59 Å². The van der Waals surface area contributed by atoms with Crippen molar-refractivity contribution in [2.75, 3.05) is 13.1 Å². The maximum Gasteiger partial charge on any atom is 0.243 e. The first kappa shape index (κ1) is 9.98. The van der Waals surface area contributed by atoms with Crippen LogP contribution >= 0.6 is 0 Å². The summed E-state index contributed by atoms with van der Waals surface area (Å²) in [5.74, 6) is -0.230. The quantitative estimate of drug-likeness (QED) is 0.594. The second kappa shape index (κ2) is 4.23. The third-order valence-electron chi connectivity index (χ3n) is 2.06. The molecule has 3 N–H and O–H groups in total. The molecule has 1 atom stereocenters. The molecule has 0 aliphatic carbocycles. The average molecular weight is 185 g/mol. The van der Waals surface area contributed by atoms with Crippen LogP contribution in [0.5, 0.6) is 0 Å². The summed E-state index contributed by atoms with van der Waals surface area (Å²) >= 11 is 0. The maximum atomic E-state index is 11.3. The molecule has 5 heteroatoms. The van der Waals surface area contributed by atoms with Gasteiger partial charge < -0.3 is 16.0 Å². The second-order valence-electron chi connectivity index (χ2n) is 3.15. The van der Waals surface area contributed by atoms with Crippen LogP contribution in [0.4, 0.5) is 0 Å². The molecule has 1 saturated heterocycles.